The van der Waals surface area contributed by atoms with E-state index in [-0.39, 0.29) is 25.7 Å². The van der Waals surface area contributed by atoms with E-state index in [2.05, 4.69) is 34.6 Å². The monoisotopic (exact) mass is 1280 g/mol. The average molecular weight is 1280 g/mol. The molecule has 87 heavy (non-hydrogen) atoms. The molecule has 0 rings (SSSR count). The van der Waals surface area contributed by atoms with Gasteiger partial charge in [0.2, 0.25) is 0 Å². The summed E-state index contributed by atoms with van der Waals surface area (Å²) in [6, 6.07) is 0. The Morgan fingerprint density at radius 2 is 0.529 bits per heavy atom. The molecule has 0 aromatic carbocycles. The molecular formula is C68H132O17P2. The largest absolute Gasteiger partial charge is 0.472 e. The molecule has 0 aliphatic rings. The molecule has 0 amide bonds. The highest BCUT2D eigenvalue weighted by atomic mass is 31.2. The number of carbonyl (C=O) groups excluding carboxylic acids is 4. The topological polar surface area (TPSA) is 237 Å². The molecule has 2 unspecified atom stereocenters. The smallest absolute Gasteiger partial charge is 0.462 e. The van der Waals surface area contributed by atoms with Crippen molar-refractivity contribution in [3.63, 3.8) is 0 Å². The van der Waals surface area contributed by atoms with E-state index in [0.29, 0.717) is 25.7 Å². The molecule has 516 valence electrons. The first-order valence-corrected chi connectivity index (χ1v) is 38.6. The molecule has 3 N–H and O–H groups in total. The van der Waals surface area contributed by atoms with Gasteiger partial charge in [-0.1, -0.05) is 298 Å². The van der Waals surface area contributed by atoms with Crippen LogP contribution >= 0.6 is 15.6 Å². The van der Waals surface area contributed by atoms with Gasteiger partial charge in [-0.25, -0.2) is 9.13 Å². The minimum absolute atomic E-state index is 0.107. The Bertz CT molecular complexity index is 1690. The SMILES string of the molecule is CCCCCCCCCCCCCC(=O)OC[C@H](COP(=O)(O)OC[C@@H](O)COP(=O)(O)OC[C@@H](COC(=O)CCCCCCCCCC)OC(=O)CCCCCCCCCCCCC)OC(=O)CCCCCCCCCCCCCCCCC(C)C. The van der Waals surface area contributed by atoms with E-state index in [1.165, 1.54) is 167 Å². The third kappa shape index (κ3) is 62.6. The first-order valence-electron chi connectivity index (χ1n) is 35.6. The van der Waals surface area contributed by atoms with Crippen LogP contribution in [0.15, 0.2) is 0 Å². The third-order valence-corrected chi connectivity index (χ3v) is 17.7. The van der Waals surface area contributed by atoms with Gasteiger partial charge in [0.1, 0.15) is 19.3 Å². The molecule has 0 aromatic heterocycles. The Balaban J connectivity index is 5.20. The van der Waals surface area contributed by atoms with Gasteiger partial charge in [-0.05, 0) is 31.6 Å². The van der Waals surface area contributed by atoms with Gasteiger partial charge >= 0.3 is 39.5 Å². The molecule has 0 fully saturated rings. The molecule has 0 aliphatic heterocycles. The zero-order valence-electron chi connectivity index (χ0n) is 56.2. The number of hydrogen-bond donors (Lipinski definition) is 3. The van der Waals surface area contributed by atoms with Crippen LogP contribution in [0, 0.1) is 5.92 Å². The van der Waals surface area contributed by atoms with E-state index >= 15 is 0 Å². The summed E-state index contributed by atoms with van der Waals surface area (Å²) in [5.74, 6) is -1.33. The minimum Gasteiger partial charge on any atom is -0.462 e. The highest BCUT2D eigenvalue weighted by Gasteiger charge is 2.30. The van der Waals surface area contributed by atoms with Crippen LogP contribution in [0.1, 0.15) is 349 Å². The summed E-state index contributed by atoms with van der Waals surface area (Å²) in [5.41, 5.74) is 0. The number of aliphatic hydroxyl groups is 1. The average Bonchev–Trinajstić information content (AvgIpc) is 3.49. The van der Waals surface area contributed by atoms with Crippen LogP contribution < -0.4 is 0 Å². The van der Waals surface area contributed by atoms with E-state index < -0.39 is 97.5 Å². The Morgan fingerprint density at radius 1 is 0.310 bits per heavy atom. The van der Waals surface area contributed by atoms with Gasteiger partial charge in [-0.15, -0.1) is 0 Å². The molecule has 0 heterocycles. The minimum atomic E-state index is -4.95. The van der Waals surface area contributed by atoms with Crippen molar-refractivity contribution >= 4 is 39.5 Å². The molecule has 0 bridgehead atoms. The number of unbranched alkanes of at least 4 members (excludes halogenated alkanes) is 40. The lowest BCUT2D eigenvalue weighted by molar-refractivity contribution is -0.161. The zero-order valence-corrected chi connectivity index (χ0v) is 57.9. The molecule has 17 nitrogen and oxygen atoms in total. The van der Waals surface area contributed by atoms with Crippen LogP contribution in [-0.2, 0) is 65.4 Å². The van der Waals surface area contributed by atoms with Crippen LogP contribution in [0.3, 0.4) is 0 Å². The lowest BCUT2D eigenvalue weighted by Gasteiger charge is -2.21. The van der Waals surface area contributed by atoms with Gasteiger partial charge in [-0.2, -0.15) is 0 Å². The van der Waals surface area contributed by atoms with Crippen molar-refractivity contribution in [1.29, 1.82) is 0 Å². The molecular weight excluding hydrogens is 1150 g/mol. The summed E-state index contributed by atoms with van der Waals surface area (Å²) >= 11 is 0. The number of aliphatic hydroxyl groups excluding tert-OH is 1. The summed E-state index contributed by atoms with van der Waals surface area (Å²) in [5, 5.41) is 10.6. The molecule has 0 aliphatic carbocycles. The number of hydrogen-bond acceptors (Lipinski definition) is 15. The predicted octanol–water partition coefficient (Wildman–Crippen LogP) is 19.4. The molecule has 0 radical (unpaired) electrons. The Morgan fingerprint density at radius 3 is 0.782 bits per heavy atom. The van der Waals surface area contributed by atoms with Crippen molar-refractivity contribution in [1.82, 2.24) is 0 Å². The second kappa shape index (κ2) is 61.6. The van der Waals surface area contributed by atoms with E-state index in [4.69, 9.17) is 37.0 Å². The van der Waals surface area contributed by atoms with Gasteiger partial charge in [0.25, 0.3) is 0 Å². The molecule has 0 aromatic rings. The Hall–Kier alpha value is -1.94. The van der Waals surface area contributed by atoms with Crippen molar-refractivity contribution in [2.75, 3.05) is 39.6 Å². The normalized spacial score (nSPS) is 14.1. The zero-order chi connectivity index (χ0) is 64.2. The summed E-state index contributed by atoms with van der Waals surface area (Å²) in [7, 11) is -9.89. The fourth-order valence-corrected chi connectivity index (χ4v) is 11.9. The maximum Gasteiger partial charge on any atom is 0.472 e. The maximum atomic E-state index is 13.0. The third-order valence-electron chi connectivity index (χ3n) is 15.8. The van der Waals surface area contributed by atoms with Crippen LogP contribution in [0.5, 0.6) is 0 Å². The lowest BCUT2D eigenvalue weighted by atomic mass is 10.0. The maximum absolute atomic E-state index is 13.0. The number of phosphoric acid groups is 2. The van der Waals surface area contributed by atoms with Crippen LogP contribution in [0.2, 0.25) is 0 Å². The fourth-order valence-electron chi connectivity index (χ4n) is 10.3. The molecule has 19 heteroatoms. The van der Waals surface area contributed by atoms with Crippen molar-refractivity contribution in [3.05, 3.63) is 0 Å². The lowest BCUT2D eigenvalue weighted by Crippen LogP contribution is -2.30. The highest BCUT2D eigenvalue weighted by Crippen LogP contribution is 2.45. The first-order chi connectivity index (χ1) is 42.0. The van der Waals surface area contributed by atoms with Gasteiger partial charge in [-0.3, -0.25) is 37.3 Å². The van der Waals surface area contributed by atoms with Gasteiger partial charge in [0.05, 0.1) is 26.4 Å². The molecule has 0 saturated heterocycles. The van der Waals surface area contributed by atoms with E-state index in [1.54, 1.807) is 0 Å². The van der Waals surface area contributed by atoms with E-state index in [9.17, 15) is 43.2 Å². The number of carbonyl (C=O) groups is 4. The van der Waals surface area contributed by atoms with Crippen LogP contribution in [-0.4, -0.2) is 96.7 Å². The summed E-state index contributed by atoms with van der Waals surface area (Å²) in [6.45, 7) is 7.22. The quantitative estimate of drug-likeness (QED) is 0.0222. The van der Waals surface area contributed by atoms with Gasteiger partial charge in [0, 0.05) is 25.7 Å². The number of esters is 4. The van der Waals surface area contributed by atoms with Crippen molar-refractivity contribution < 1.29 is 80.2 Å². The van der Waals surface area contributed by atoms with Gasteiger partial charge < -0.3 is 33.8 Å². The van der Waals surface area contributed by atoms with E-state index in [1.807, 2.05) is 0 Å². The van der Waals surface area contributed by atoms with Crippen molar-refractivity contribution in [3.8, 4) is 0 Å². The van der Waals surface area contributed by atoms with Crippen LogP contribution in [0.4, 0.5) is 0 Å². The van der Waals surface area contributed by atoms with Crippen molar-refractivity contribution in [2.45, 2.75) is 368 Å². The number of ether oxygens (including phenoxy) is 4. The first kappa shape index (κ1) is 85.1. The Kier molecular flexibility index (Phi) is 60.2. The predicted molar refractivity (Wildman–Crippen MR) is 349 cm³/mol. The number of phosphoric ester groups is 2. The number of rotatable bonds is 68. The summed E-state index contributed by atoms with van der Waals surface area (Å²) in [4.78, 5) is 72.3. The fraction of sp³-hybridized carbons (Fsp3) is 0.941. The second-order valence-corrected chi connectivity index (χ2v) is 27.9. The molecule has 0 spiro atoms. The molecule has 5 atom stereocenters. The molecule has 0 saturated carbocycles. The van der Waals surface area contributed by atoms with E-state index in [0.717, 1.165) is 102 Å². The summed E-state index contributed by atoms with van der Waals surface area (Å²) < 4.78 is 68.1. The standard InChI is InChI=1S/C68H132O17P2/c1-6-9-12-15-18-21-27-32-37-42-47-52-66(71)79-58-64(85-68(73)54-49-44-39-34-30-26-24-23-25-29-31-35-40-45-50-61(4)5)60-83-87(76,77)81-56-62(69)55-80-86(74,75)82-59-63(57-78-65(70)51-46-41-36-20-17-14-11-8-3)84-67(72)53-48-43-38-33-28-22-19-16-13-10-7-2/h61-64,69H,6-60H2,1-5H3,(H,74,75)(H,76,77)/t62-,63+,64+/m0/s1. The van der Waals surface area contributed by atoms with Crippen LogP contribution in [0.25, 0.3) is 0 Å². The van der Waals surface area contributed by atoms with Crippen molar-refractivity contribution in [2.24, 2.45) is 5.92 Å². The highest BCUT2D eigenvalue weighted by molar-refractivity contribution is 7.47. The Labute approximate surface area is 530 Å². The summed E-state index contributed by atoms with van der Waals surface area (Å²) in [6.07, 6.45) is 47.1. The van der Waals surface area contributed by atoms with Gasteiger partial charge in [0.15, 0.2) is 12.2 Å². The second-order valence-electron chi connectivity index (χ2n) is 25.0.